The molecule has 0 spiro atoms. The molecule has 2 aromatic rings. The predicted octanol–water partition coefficient (Wildman–Crippen LogP) is 5.60. The molecule has 2 aromatic carbocycles. The molecule has 5 aliphatic heterocycles. The van der Waals surface area contributed by atoms with Gasteiger partial charge in [-0.3, -0.25) is 14.5 Å². The van der Waals surface area contributed by atoms with E-state index in [2.05, 4.69) is 5.32 Å². The van der Waals surface area contributed by atoms with Gasteiger partial charge in [0, 0.05) is 36.0 Å². The fraction of sp³-hybridized carbons (Fsp3) is 0.531. The maximum absolute atomic E-state index is 14.9. The Bertz CT molecular complexity index is 1430. The van der Waals surface area contributed by atoms with Gasteiger partial charge in [0.15, 0.2) is 12.1 Å². The largest absolute Gasteiger partial charge is 0.493 e. The molecule has 0 radical (unpaired) electrons. The Morgan fingerprint density at radius 1 is 1.12 bits per heavy atom. The number of nitrogens with two attached hydrogens (primary N) is 1. The van der Waals surface area contributed by atoms with Crippen LogP contribution in [0.3, 0.4) is 0 Å². The van der Waals surface area contributed by atoms with Gasteiger partial charge in [0.05, 0.1) is 30.7 Å². The highest BCUT2D eigenvalue weighted by atomic mass is 19.3. The van der Waals surface area contributed by atoms with E-state index in [4.69, 9.17) is 20.2 Å². The van der Waals surface area contributed by atoms with Gasteiger partial charge in [-0.05, 0) is 55.5 Å². The van der Waals surface area contributed by atoms with Gasteiger partial charge in [0.1, 0.15) is 11.5 Å². The zero-order valence-electron chi connectivity index (χ0n) is 24.1. The normalized spacial score (nSPS) is 27.7. The number of amides is 2. The number of halogens is 2. The van der Waals surface area contributed by atoms with Gasteiger partial charge in [-0.2, -0.15) is 0 Å². The van der Waals surface area contributed by atoms with E-state index in [1.165, 1.54) is 6.92 Å². The highest BCUT2D eigenvalue weighted by molar-refractivity contribution is 6.00. The number of hydrogen-bond donors (Lipinski definition) is 2. The highest BCUT2D eigenvalue weighted by Gasteiger charge is 2.45. The molecule has 3 N–H and O–H groups in total. The lowest BCUT2D eigenvalue weighted by Gasteiger charge is -2.42. The Morgan fingerprint density at radius 2 is 1.93 bits per heavy atom. The van der Waals surface area contributed by atoms with Crippen molar-refractivity contribution in [1.82, 2.24) is 10.2 Å². The van der Waals surface area contributed by atoms with Crippen LogP contribution in [0.5, 0.6) is 11.5 Å². The van der Waals surface area contributed by atoms with Gasteiger partial charge >= 0.3 is 0 Å². The molecule has 8 nitrogen and oxygen atoms in total. The van der Waals surface area contributed by atoms with Crippen LogP contribution in [0.25, 0.3) is 0 Å². The van der Waals surface area contributed by atoms with Crippen LogP contribution in [-0.2, 0) is 11.2 Å². The summed E-state index contributed by atoms with van der Waals surface area (Å²) in [7, 11) is 0. The van der Waals surface area contributed by atoms with Crippen LogP contribution in [0.15, 0.2) is 41.4 Å². The third kappa shape index (κ3) is 5.09. The first-order valence-electron chi connectivity index (χ1n) is 15.1. The van der Waals surface area contributed by atoms with E-state index in [1.807, 2.05) is 19.1 Å². The predicted molar refractivity (Wildman–Crippen MR) is 154 cm³/mol. The van der Waals surface area contributed by atoms with Crippen molar-refractivity contribution in [3.8, 4) is 11.5 Å². The lowest BCUT2D eigenvalue weighted by molar-refractivity contribution is -0.132. The number of fused-ring (bicyclic) bond motifs is 5. The second-order valence-corrected chi connectivity index (χ2v) is 12.0. The van der Waals surface area contributed by atoms with Crippen molar-refractivity contribution in [2.24, 2.45) is 10.7 Å². The molecule has 0 aromatic heterocycles. The first-order chi connectivity index (χ1) is 20.1. The molecular formula is C32H38F2N4O4. The molecule has 5 heterocycles. The van der Waals surface area contributed by atoms with Crippen molar-refractivity contribution in [2.45, 2.75) is 101 Å². The number of nitrogens with one attached hydrogen (secondary N) is 1. The molecule has 0 fully saturated rings. The summed E-state index contributed by atoms with van der Waals surface area (Å²) >= 11 is 0. The molecule has 0 saturated carbocycles. The van der Waals surface area contributed by atoms with Crippen molar-refractivity contribution >= 4 is 17.8 Å². The van der Waals surface area contributed by atoms with E-state index in [-0.39, 0.29) is 31.1 Å². The minimum absolute atomic E-state index is 0.0476. The van der Waals surface area contributed by atoms with Crippen LogP contribution in [0.1, 0.15) is 104 Å². The monoisotopic (exact) mass is 580 g/mol. The Labute approximate surface area is 244 Å². The molecule has 0 unspecified atom stereocenters. The SMILES string of the molecule is CCC(F)(F)[C@@H]1C[C@@H]2NC(=O)c3ccc4c(c3)[C@@H](CCO4)N3C(=O)C[C@@](CC)(CCCCc4ccc(c2c4)O1)N=C3N. The van der Waals surface area contributed by atoms with E-state index < -0.39 is 35.6 Å². The average Bonchev–Trinajstić information content (AvgIpc) is 2.98. The molecule has 0 saturated heterocycles. The van der Waals surface area contributed by atoms with Crippen molar-refractivity contribution in [1.29, 1.82) is 0 Å². The number of ether oxygens (including phenoxy) is 2. The lowest BCUT2D eigenvalue weighted by atomic mass is 9.84. The fourth-order valence-corrected chi connectivity index (χ4v) is 6.80. The molecule has 224 valence electrons. The smallest absolute Gasteiger partial charge is 0.283 e. The molecular weight excluding hydrogens is 542 g/mol. The first kappa shape index (κ1) is 28.4. The van der Waals surface area contributed by atoms with Crippen molar-refractivity contribution < 1.29 is 27.8 Å². The Hall–Kier alpha value is -3.69. The van der Waals surface area contributed by atoms with Crippen LogP contribution in [-0.4, -0.2) is 46.8 Å². The molecule has 7 rings (SSSR count). The average molecular weight is 581 g/mol. The highest BCUT2D eigenvalue weighted by Crippen LogP contribution is 2.43. The van der Waals surface area contributed by atoms with E-state index in [1.54, 1.807) is 29.2 Å². The van der Waals surface area contributed by atoms with Gasteiger partial charge in [-0.1, -0.05) is 32.4 Å². The fourth-order valence-electron chi connectivity index (χ4n) is 6.80. The van der Waals surface area contributed by atoms with Crippen LogP contribution in [0.4, 0.5) is 8.78 Å². The minimum Gasteiger partial charge on any atom is -0.493 e. The third-order valence-corrected chi connectivity index (χ3v) is 9.37. The summed E-state index contributed by atoms with van der Waals surface area (Å²) in [5.74, 6) is -2.37. The Balaban J connectivity index is 1.42. The van der Waals surface area contributed by atoms with Crippen molar-refractivity contribution in [3.63, 3.8) is 0 Å². The number of aliphatic imine (C=N–C) groups is 1. The number of hydrogen-bond acceptors (Lipinski definition) is 6. The quantitative estimate of drug-likeness (QED) is 0.492. The van der Waals surface area contributed by atoms with Gasteiger partial charge in [0.2, 0.25) is 5.91 Å². The Morgan fingerprint density at radius 3 is 2.69 bits per heavy atom. The van der Waals surface area contributed by atoms with Crippen LogP contribution in [0, 0.1) is 0 Å². The van der Waals surface area contributed by atoms with Gasteiger partial charge < -0.3 is 20.5 Å². The number of carbonyl (C=O) groups excluding carboxylic acids is 2. The minimum atomic E-state index is -3.04. The number of alkyl halides is 2. The van der Waals surface area contributed by atoms with E-state index in [0.717, 1.165) is 31.2 Å². The summed E-state index contributed by atoms with van der Waals surface area (Å²) in [4.78, 5) is 33.8. The summed E-state index contributed by atoms with van der Waals surface area (Å²) in [5.41, 5.74) is 8.73. The molecule has 5 aliphatic rings. The zero-order valence-corrected chi connectivity index (χ0v) is 24.1. The van der Waals surface area contributed by atoms with Crippen molar-refractivity contribution in [2.75, 3.05) is 6.61 Å². The van der Waals surface area contributed by atoms with Crippen LogP contribution >= 0.6 is 0 Å². The summed E-state index contributed by atoms with van der Waals surface area (Å²) in [5, 5.41) is 3.02. The number of nitrogens with zero attached hydrogens (tertiary/aromatic N) is 2. The first-order valence-corrected chi connectivity index (χ1v) is 15.1. The van der Waals surface area contributed by atoms with E-state index in [0.29, 0.717) is 47.6 Å². The zero-order chi connectivity index (χ0) is 29.6. The maximum atomic E-state index is 14.9. The number of aryl methyl sites for hydroxylation is 1. The van der Waals surface area contributed by atoms with E-state index in [9.17, 15) is 18.4 Å². The molecule has 0 aliphatic carbocycles. The summed E-state index contributed by atoms with van der Waals surface area (Å²) < 4.78 is 41.4. The molecule has 42 heavy (non-hydrogen) atoms. The number of benzene rings is 2. The van der Waals surface area contributed by atoms with Crippen molar-refractivity contribution in [3.05, 3.63) is 58.7 Å². The van der Waals surface area contributed by atoms with Crippen LogP contribution < -0.4 is 20.5 Å². The molecule has 6 bridgehead atoms. The molecule has 4 atom stereocenters. The molecule has 2 amide bonds. The summed E-state index contributed by atoms with van der Waals surface area (Å²) in [6, 6.07) is 9.62. The second-order valence-electron chi connectivity index (χ2n) is 12.0. The maximum Gasteiger partial charge on any atom is 0.283 e. The van der Waals surface area contributed by atoms with Gasteiger partial charge in [-0.15, -0.1) is 0 Å². The number of carbonyl (C=O) groups is 2. The van der Waals surface area contributed by atoms with Gasteiger partial charge in [-0.25, -0.2) is 13.8 Å². The molecule has 10 heteroatoms. The van der Waals surface area contributed by atoms with Crippen LogP contribution in [0.2, 0.25) is 0 Å². The summed E-state index contributed by atoms with van der Waals surface area (Å²) in [6.07, 6.45) is 2.91. The lowest BCUT2D eigenvalue weighted by Crippen LogP contribution is -2.53. The standard InChI is InChI=1S/C32H38F2N4O4/c1-3-31-13-6-5-7-19-8-10-26-21(15-19)23(17-27(42-26)32(33,34)4-2)36-29(40)20-9-11-25-22(16-20)24(12-14-41-25)38(28(39)18-31)30(35)37-31/h8-11,15-16,23-24,27H,3-7,12-14,17-18H2,1-2H3,(H2,35,37)(H,36,40)/t23-,24+,27-,31+/m0/s1. The van der Waals surface area contributed by atoms with Gasteiger partial charge in [0.25, 0.3) is 11.8 Å². The number of rotatable bonds is 3. The summed E-state index contributed by atoms with van der Waals surface area (Å²) in [6.45, 7) is 3.87. The Kier molecular flexibility index (Phi) is 7.35. The second kappa shape index (κ2) is 10.9. The third-order valence-electron chi connectivity index (χ3n) is 9.37. The topological polar surface area (TPSA) is 106 Å². The van der Waals surface area contributed by atoms with E-state index >= 15 is 0 Å². The number of guanidine groups is 1.